The molecule has 33 heavy (non-hydrogen) atoms. The van der Waals surface area contributed by atoms with E-state index in [0.717, 1.165) is 16.7 Å². The molecule has 0 aliphatic carbocycles. The molecule has 6 nitrogen and oxygen atoms in total. The zero-order chi connectivity index (χ0) is 23.2. The van der Waals surface area contributed by atoms with Crippen LogP contribution in [-0.4, -0.2) is 48.2 Å². The van der Waals surface area contributed by atoms with Gasteiger partial charge in [0, 0.05) is 18.6 Å². The quantitative estimate of drug-likeness (QED) is 0.587. The summed E-state index contributed by atoms with van der Waals surface area (Å²) in [5.41, 5.74) is 2.87. The minimum absolute atomic E-state index is 0.0628. The Labute approximate surface area is 198 Å². The third kappa shape index (κ3) is 5.53. The Kier molecular flexibility index (Phi) is 7.27. The van der Waals surface area contributed by atoms with Crippen molar-refractivity contribution in [2.45, 2.75) is 18.6 Å². The van der Waals surface area contributed by atoms with Gasteiger partial charge in [-0.05, 0) is 28.8 Å². The molecule has 0 unspecified atom stereocenters. The molecule has 0 radical (unpaired) electrons. The number of nitrogens with one attached hydrogen (secondary N) is 1. The zero-order valence-corrected chi connectivity index (χ0v) is 19.1. The molecule has 170 valence electrons. The van der Waals surface area contributed by atoms with Crippen LogP contribution in [0.3, 0.4) is 0 Å². The van der Waals surface area contributed by atoms with Crippen molar-refractivity contribution >= 4 is 23.5 Å². The van der Waals surface area contributed by atoms with Crippen molar-refractivity contribution in [1.82, 2.24) is 15.1 Å². The van der Waals surface area contributed by atoms with E-state index >= 15 is 0 Å². The maximum absolute atomic E-state index is 13.3. The van der Waals surface area contributed by atoms with Crippen LogP contribution >= 0.6 is 11.6 Å². The van der Waals surface area contributed by atoms with E-state index in [2.05, 4.69) is 5.32 Å². The summed E-state index contributed by atoms with van der Waals surface area (Å²) in [6.45, 7) is 0.643. The first-order valence-electron chi connectivity index (χ1n) is 10.8. The van der Waals surface area contributed by atoms with E-state index < -0.39 is 6.04 Å². The third-order valence-electron chi connectivity index (χ3n) is 5.67. The van der Waals surface area contributed by atoms with E-state index in [-0.39, 0.29) is 31.3 Å². The van der Waals surface area contributed by atoms with Gasteiger partial charge < -0.3 is 15.0 Å². The molecule has 3 aromatic rings. The monoisotopic (exact) mass is 463 g/mol. The normalized spacial score (nSPS) is 15.5. The Balaban J connectivity index is 1.48. The number of ether oxygens (including phenoxy) is 1. The Hall–Kier alpha value is -3.35. The van der Waals surface area contributed by atoms with Crippen LogP contribution in [0.15, 0.2) is 84.9 Å². The van der Waals surface area contributed by atoms with Gasteiger partial charge in [0.15, 0.2) is 0 Å². The van der Waals surface area contributed by atoms with E-state index in [4.69, 9.17) is 16.3 Å². The Morgan fingerprint density at radius 1 is 1.00 bits per heavy atom. The number of benzene rings is 3. The van der Waals surface area contributed by atoms with Gasteiger partial charge in [0.25, 0.3) is 0 Å². The lowest BCUT2D eigenvalue weighted by molar-refractivity contribution is -0.134. The zero-order valence-electron chi connectivity index (χ0n) is 18.4. The minimum atomic E-state index is -0.686. The number of amides is 3. The molecule has 0 aromatic heterocycles. The van der Waals surface area contributed by atoms with Gasteiger partial charge in [-0.3, -0.25) is 9.69 Å². The van der Waals surface area contributed by atoms with Crippen LogP contribution < -0.4 is 5.32 Å². The highest BCUT2D eigenvalue weighted by molar-refractivity contribution is 6.30. The molecule has 1 N–H and O–H groups in total. The number of hydrogen-bond acceptors (Lipinski definition) is 3. The van der Waals surface area contributed by atoms with E-state index in [9.17, 15) is 9.59 Å². The fourth-order valence-corrected chi connectivity index (χ4v) is 4.03. The average Bonchev–Trinajstić information content (AvgIpc) is 3.34. The summed E-state index contributed by atoms with van der Waals surface area (Å²) in [7, 11) is 1.72. The fraction of sp³-hybridized carbons (Fsp3) is 0.231. The number of carbonyl (C=O) groups excluding carboxylic acids is 2. The number of halogens is 1. The molecule has 7 heteroatoms. The van der Waals surface area contributed by atoms with Crippen LogP contribution in [0.25, 0.3) is 0 Å². The first-order valence-corrected chi connectivity index (χ1v) is 11.1. The van der Waals surface area contributed by atoms with Crippen molar-refractivity contribution in [3.8, 4) is 0 Å². The summed E-state index contributed by atoms with van der Waals surface area (Å²) >= 11 is 5.95. The summed E-state index contributed by atoms with van der Waals surface area (Å²) in [6.07, 6.45) is 0. The summed E-state index contributed by atoms with van der Waals surface area (Å²) in [4.78, 5) is 29.5. The van der Waals surface area contributed by atoms with Crippen molar-refractivity contribution in [3.05, 3.63) is 107 Å². The standard InChI is InChI=1S/C26H26ClN3O3/c1-29(16-19-12-14-22(27)15-13-19)25(31)23-17-33-18-30(23)26(32)28-24(20-8-4-2-5-9-20)21-10-6-3-7-11-21/h2-15,23-24H,16-18H2,1H3,(H,28,32)/t23-/m1/s1. The second-order valence-electron chi connectivity index (χ2n) is 8.01. The number of urea groups is 1. The molecule has 4 rings (SSSR count). The molecule has 1 atom stereocenters. The molecule has 1 aliphatic heterocycles. The average molecular weight is 464 g/mol. The largest absolute Gasteiger partial charge is 0.358 e. The molecule has 1 saturated heterocycles. The van der Waals surface area contributed by atoms with Crippen molar-refractivity contribution < 1.29 is 14.3 Å². The first kappa shape index (κ1) is 22.8. The van der Waals surface area contributed by atoms with Crippen LogP contribution in [-0.2, 0) is 16.1 Å². The van der Waals surface area contributed by atoms with Gasteiger partial charge in [0.05, 0.1) is 12.6 Å². The number of rotatable bonds is 6. The Morgan fingerprint density at radius 2 is 1.58 bits per heavy atom. The smallest absolute Gasteiger partial charge is 0.320 e. The first-order chi connectivity index (χ1) is 16.0. The topological polar surface area (TPSA) is 61.9 Å². The molecule has 0 bridgehead atoms. The lowest BCUT2D eigenvalue weighted by atomic mass is 9.99. The second kappa shape index (κ2) is 10.5. The van der Waals surface area contributed by atoms with Crippen molar-refractivity contribution in [3.63, 3.8) is 0 Å². The maximum Gasteiger partial charge on any atom is 0.320 e. The molecular formula is C26H26ClN3O3. The van der Waals surface area contributed by atoms with Gasteiger partial charge in [0.2, 0.25) is 5.91 Å². The molecule has 0 saturated carbocycles. The highest BCUT2D eigenvalue weighted by atomic mass is 35.5. The summed E-state index contributed by atoms with van der Waals surface area (Å²) in [5, 5.41) is 3.74. The highest BCUT2D eigenvalue weighted by Gasteiger charge is 2.37. The number of nitrogens with zero attached hydrogens (tertiary/aromatic N) is 2. The Bertz CT molecular complexity index is 1040. The summed E-state index contributed by atoms with van der Waals surface area (Å²) < 4.78 is 5.52. The van der Waals surface area contributed by atoms with Gasteiger partial charge in [-0.15, -0.1) is 0 Å². The van der Waals surface area contributed by atoms with Gasteiger partial charge in [-0.2, -0.15) is 0 Å². The fourth-order valence-electron chi connectivity index (χ4n) is 3.90. The molecule has 1 heterocycles. The summed E-state index contributed by atoms with van der Waals surface area (Å²) in [6, 6.07) is 25.5. The number of likely N-dealkylation sites (N-methyl/N-ethyl adjacent to an activating group) is 1. The van der Waals surface area contributed by atoms with Crippen LogP contribution in [0, 0.1) is 0 Å². The molecule has 1 fully saturated rings. The Morgan fingerprint density at radius 3 is 2.15 bits per heavy atom. The third-order valence-corrected chi connectivity index (χ3v) is 5.92. The molecular weight excluding hydrogens is 438 g/mol. The SMILES string of the molecule is CN(Cc1ccc(Cl)cc1)C(=O)[C@H]1COCN1C(=O)NC(c1ccccc1)c1ccccc1. The van der Waals surface area contributed by atoms with E-state index in [1.54, 1.807) is 24.1 Å². The van der Waals surface area contributed by atoms with Crippen molar-refractivity contribution in [2.75, 3.05) is 20.4 Å². The van der Waals surface area contributed by atoms with Gasteiger partial charge in [-0.1, -0.05) is 84.4 Å². The van der Waals surface area contributed by atoms with Gasteiger partial charge >= 0.3 is 6.03 Å². The lowest BCUT2D eigenvalue weighted by Gasteiger charge is -2.29. The van der Waals surface area contributed by atoms with Crippen LogP contribution in [0.2, 0.25) is 5.02 Å². The molecule has 3 aromatic carbocycles. The number of hydrogen-bond donors (Lipinski definition) is 1. The van der Waals surface area contributed by atoms with E-state index in [1.165, 1.54) is 4.90 Å². The predicted octanol–water partition coefficient (Wildman–Crippen LogP) is 4.46. The van der Waals surface area contributed by atoms with Crippen molar-refractivity contribution in [2.24, 2.45) is 0 Å². The van der Waals surface area contributed by atoms with Crippen LogP contribution in [0.1, 0.15) is 22.7 Å². The molecule has 0 spiro atoms. The van der Waals surface area contributed by atoms with Gasteiger partial charge in [0.1, 0.15) is 12.8 Å². The van der Waals surface area contributed by atoms with Crippen LogP contribution in [0.5, 0.6) is 0 Å². The molecule has 3 amide bonds. The predicted molar refractivity (Wildman–Crippen MR) is 128 cm³/mol. The molecule has 1 aliphatic rings. The maximum atomic E-state index is 13.3. The van der Waals surface area contributed by atoms with Crippen molar-refractivity contribution in [1.29, 1.82) is 0 Å². The van der Waals surface area contributed by atoms with Crippen LogP contribution in [0.4, 0.5) is 4.79 Å². The number of carbonyl (C=O) groups is 2. The lowest BCUT2D eigenvalue weighted by Crippen LogP contribution is -2.51. The van der Waals surface area contributed by atoms with Gasteiger partial charge in [-0.25, -0.2) is 4.79 Å². The second-order valence-corrected chi connectivity index (χ2v) is 8.45. The van der Waals surface area contributed by atoms with E-state index in [0.29, 0.717) is 11.6 Å². The highest BCUT2D eigenvalue weighted by Crippen LogP contribution is 2.23. The minimum Gasteiger partial charge on any atom is -0.358 e. The van der Waals surface area contributed by atoms with E-state index in [1.807, 2.05) is 72.8 Å². The summed E-state index contributed by atoms with van der Waals surface area (Å²) in [5.74, 6) is -0.173.